The van der Waals surface area contributed by atoms with Crippen molar-refractivity contribution in [1.82, 2.24) is 0 Å². The van der Waals surface area contributed by atoms with Crippen LogP contribution in [-0.4, -0.2) is 0 Å². The van der Waals surface area contributed by atoms with Crippen molar-refractivity contribution in [2.24, 2.45) is 64.1 Å². The third-order valence-electron chi connectivity index (χ3n) is 23.1. The molecule has 0 N–H and O–H groups in total. The van der Waals surface area contributed by atoms with E-state index in [0.29, 0.717) is 65.1 Å². The Hall–Kier alpha value is -3.38. The van der Waals surface area contributed by atoms with Crippen LogP contribution in [0, 0.1) is 64.1 Å². The second-order valence-electron chi connectivity index (χ2n) is 27.6. The molecule has 0 spiro atoms. The predicted molar refractivity (Wildman–Crippen MR) is 315 cm³/mol. The third kappa shape index (κ3) is 8.07. The molecule has 0 heteroatoms. The molecule has 0 fully saturated rings. The van der Waals surface area contributed by atoms with Crippen LogP contribution in [0.5, 0.6) is 0 Å². The lowest BCUT2D eigenvalue weighted by Crippen LogP contribution is -2.32. The Morgan fingerprint density at radius 1 is 0.479 bits per heavy atom. The van der Waals surface area contributed by atoms with Crippen LogP contribution in [0.3, 0.4) is 0 Å². The van der Waals surface area contributed by atoms with E-state index in [1.807, 2.05) is 0 Å². The maximum atomic E-state index is 5.25. The van der Waals surface area contributed by atoms with Gasteiger partial charge >= 0.3 is 0 Å². The van der Waals surface area contributed by atoms with Crippen LogP contribution in [0.1, 0.15) is 263 Å². The lowest BCUT2D eigenvalue weighted by molar-refractivity contribution is 0.193. The number of benzene rings is 1. The lowest BCUT2D eigenvalue weighted by atomic mass is 9.63. The molecule has 10 unspecified atom stereocenters. The highest BCUT2D eigenvalue weighted by atomic mass is 14.6. The molecule has 0 nitrogen and oxygen atoms in total. The number of allylic oxidation sites excluding steroid dienone is 18. The molecule has 0 heterocycles. The topological polar surface area (TPSA) is 0 Å². The summed E-state index contributed by atoms with van der Waals surface area (Å²) in [6, 6.07) is 0. The van der Waals surface area contributed by atoms with Gasteiger partial charge in [-0.15, -0.1) is 0 Å². The van der Waals surface area contributed by atoms with E-state index in [4.69, 9.17) is 13.2 Å². The molecule has 0 amide bonds. The van der Waals surface area contributed by atoms with Crippen LogP contribution in [0.2, 0.25) is 0 Å². The summed E-state index contributed by atoms with van der Waals surface area (Å²) >= 11 is 0. The summed E-state index contributed by atoms with van der Waals surface area (Å²) in [5.41, 5.74) is 37.2. The van der Waals surface area contributed by atoms with E-state index in [0.717, 1.165) is 19.3 Å². The highest BCUT2D eigenvalue weighted by molar-refractivity contribution is 5.92. The molecular weight excluding hydrogens is 853 g/mol. The van der Waals surface area contributed by atoms with Crippen molar-refractivity contribution in [3.63, 3.8) is 0 Å². The highest BCUT2D eigenvalue weighted by Crippen LogP contribution is 2.67. The van der Waals surface area contributed by atoms with Crippen LogP contribution < -0.4 is 0 Å². The number of fused-ring (bicyclic) bond motifs is 3. The van der Waals surface area contributed by atoms with Gasteiger partial charge in [-0.3, -0.25) is 0 Å². The van der Waals surface area contributed by atoms with E-state index in [9.17, 15) is 0 Å². The number of rotatable bonds is 15. The maximum absolute atomic E-state index is 5.25. The average molecular weight is 958 g/mol. The number of hydrogen-bond donors (Lipinski definition) is 0. The standard InChI is InChI=1S/C71H104/c1-30-70(26,27)68-52(24)64-65(66(68)54-31-36(8)39(11)43(54)15)53(25)69(71(28,29)35(6)7)67(64)56-32-55(44(16)45(56)17)57-50(22)62-60(46(18)40(12)37(9)33(2)3)58-48(20)42(14)49(21)59(58)61(63(62)51(57)23)47(19)41(13)38(10)34(4)5/h33-35,37-38,40-41,46-48,51,68-69H,24-25,30-32H2,1-23,26-29H3. The molecule has 71 heavy (non-hydrogen) atoms. The maximum Gasteiger partial charge on any atom is 0.0153 e. The van der Waals surface area contributed by atoms with Gasteiger partial charge in [0.05, 0.1) is 0 Å². The Balaban J connectivity index is 1.51. The summed E-state index contributed by atoms with van der Waals surface area (Å²) in [7, 11) is 0. The fourth-order valence-corrected chi connectivity index (χ4v) is 15.6. The van der Waals surface area contributed by atoms with Crippen molar-refractivity contribution in [3.05, 3.63) is 136 Å². The fourth-order valence-electron chi connectivity index (χ4n) is 15.6. The van der Waals surface area contributed by atoms with Crippen molar-refractivity contribution >= 4 is 11.1 Å². The third-order valence-corrected chi connectivity index (χ3v) is 23.1. The molecule has 0 aromatic heterocycles. The van der Waals surface area contributed by atoms with E-state index < -0.39 is 0 Å². The summed E-state index contributed by atoms with van der Waals surface area (Å²) in [6.07, 6.45) is 3.11. The van der Waals surface area contributed by atoms with Crippen LogP contribution in [0.4, 0.5) is 0 Å². The fraction of sp³-hybridized carbons (Fsp3) is 0.634. The second-order valence-corrected chi connectivity index (χ2v) is 27.6. The Morgan fingerprint density at radius 3 is 1.30 bits per heavy atom. The molecule has 1 aromatic carbocycles. The Labute approximate surface area is 438 Å². The molecular formula is C71H104. The van der Waals surface area contributed by atoms with Crippen molar-refractivity contribution in [1.29, 1.82) is 0 Å². The van der Waals surface area contributed by atoms with E-state index in [2.05, 4.69) is 187 Å². The zero-order chi connectivity index (χ0) is 53.5. The van der Waals surface area contributed by atoms with Gasteiger partial charge in [-0.25, -0.2) is 0 Å². The van der Waals surface area contributed by atoms with Crippen LogP contribution in [-0.2, 0) is 0 Å². The first-order valence-electron chi connectivity index (χ1n) is 29.0. The van der Waals surface area contributed by atoms with Crippen molar-refractivity contribution < 1.29 is 0 Å². The Morgan fingerprint density at radius 2 is 0.873 bits per heavy atom. The Bertz CT molecular complexity index is 2730. The second kappa shape index (κ2) is 19.1. The zero-order valence-electron chi connectivity index (χ0n) is 51.0. The summed E-state index contributed by atoms with van der Waals surface area (Å²) in [5.74, 6) is 6.15. The zero-order valence-corrected chi connectivity index (χ0v) is 51.0. The van der Waals surface area contributed by atoms with Gasteiger partial charge in [-0.1, -0.05) is 162 Å². The molecule has 6 aliphatic rings. The van der Waals surface area contributed by atoms with Crippen molar-refractivity contribution in [2.45, 2.75) is 230 Å². The van der Waals surface area contributed by atoms with Crippen LogP contribution in [0.25, 0.3) is 11.1 Å². The van der Waals surface area contributed by atoms with Gasteiger partial charge in [-0.2, -0.15) is 0 Å². The quantitative estimate of drug-likeness (QED) is 0.164. The summed E-state index contributed by atoms with van der Waals surface area (Å²) in [5, 5.41) is 0. The molecule has 10 atom stereocenters. The van der Waals surface area contributed by atoms with E-state index in [-0.39, 0.29) is 22.7 Å². The predicted octanol–water partition coefficient (Wildman–Crippen LogP) is 21.7. The minimum absolute atomic E-state index is 0.0123. The average Bonchev–Trinajstić information content (AvgIpc) is 4.08. The molecule has 388 valence electrons. The molecule has 0 aliphatic heterocycles. The summed E-state index contributed by atoms with van der Waals surface area (Å²) in [4.78, 5) is 0. The normalized spacial score (nSPS) is 25.8. The minimum Gasteiger partial charge on any atom is -0.0946 e. The molecule has 0 saturated carbocycles. The molecule has 6 aliphatic carbocycles. The molecule has 0 radical (unpaired) electrons. The monoisotopic (exact) mass is 957 g/mol. The van der Waals surface area contributed by atoms with E-state index in [1.165, 1.54) is 50.2 Å². The first-order valence-corrected chi connectivity index (χ1v) is 29.0. The lowest BCUT2D eigenvalue weighted by Gasteiger charge is -2.40. The van der Waals surface area contributed by atoms with Gasteiger partial charge in [0, 0.05) is 23.7 Å². The van der Waals surface area contributed by atoms with Gasteiger partial charge in [0.15, 0.2) is 0 Å². The van der Waals surface area contributed by atoms with Gasteiger partial charge in [0.25, 0.3) is 0 Å². The SMILES string of the molecule is C=C1C2=C(C3=C(C)C(C)=C(C4=C(C)c5c(c(C(C)C(C)C(C)C(C)C)c6c(c5C(C)C(C)C(C)C(C)C)C(C)C(C)=C6C)C4C)C3)C(C(C)(C)C(C)C)C(=C)C2=C(C2=C(C)C(C)=C(C)C2)C1C(C)(C)CC. The van der Waals surface area contributed by atoms with Crippen molar-refractivity contribution in [2.75, 3.05) is 0 Å². The van der Waals surface area contributed by atoms with Crippen LogP contribution >= 0.6 is 0 Å². The number of hydrogen-bond acceptors (Lipinski definition) is 0. The van der Waals surface area contributed by atoms with Crippen LogP contribution in [0.15, 0.2) is 102 Å². The van der Waals surface area contributed by atoms with Crippen molar-refractivity contribution in [3.8, 4) is 0 Å². The minimum atomic E-state index is -0.0123. The molecule has 7 rings (SSSR count). The first kappa shape index (κ1) is 55.4. The molecule has 1 aromatic rings. The smallest absolute Gasteiger partial charge is 0.0153 e. The van der Waals surface area contributed by atoms with Gasteiger partial charge in [0.1, 0.15) is 0 Å². The van der Waals surface area contributed by atoms with Gasteiger partial charge in [-0.05, 0) is 255 Å². The van der Waals surface area contributed by atoms with E-state index >= 15 is 0 Å². The molecule has 0 saturated heterocycles. The highest BCUT2D eigenvalue weighted by Gasteiger charge is 2.54. The summed E-state index contributed by atoms with van der Waals surface area (Å²) in [6.45, 7) is 77.8. The first-order chi connectivity index (χ1) is 32.7. The summed E-state index contributed by atoms with van der Waals surface area (Å²) < 4.78 is 0. The van der Waals surface area contributed by atoms with Gasteiger partial charge < -0.3 is 0 Å². The molecule has 0 bridgehead atoms. The Kier molecular flexibility index (Phi) is 14.9. The van der Waals surface area contributed by atoms with Gasteiger partial charge in [0.2, 0.25) is 0 Å². The van der Waals surface area contributed by atoms with E-state index in [1.54, 1.807) is 83.5 Å². The largest absolute Gasteiger partial charge is 0.0946 e.